The number of thiophene rings is 2. The Morgan fingerprint density at radius 3 is 2.73 bits per heavy atom. The molecule has 0 saturated carbocycles. The van der Waals surface area contributed by atoms with Crippen LogP contribution in [0.1, 0.15) is 15.3 Å². The van der Waals surface area contributed by atoms with Gasteiger partial charge in [0.1, 0.15) is 0 Å². The summed E-state index contributed by atoms with van der Waals surface area (Å²) >= 11 is 10.5. The summed E-state index contributed by atoms with van der Waals surface area (Å²) in [5.41, 5.74) is 1.27. The minimum Gasteiger partial charge on any atom is -0.487 e. The Bertz CT molecular complexity index is 450. The summed E-state index contributed by atoms with van der Waals surface area (Å²) in [7, 11) is 1.69. The third-order valence-electron chi connectivity index (χ3n) is 1.93. The molecule has 2 rings (SSSR count). The van der Waals surface area contributed by atoms with Crippen LogP contribution < -0.4 is 4.74 Å². The predicted molar refractivity (Wildman–Crippen MR) is 73.7 cm³/mol. The van der Waals surface area contributed by atoms with Crippen LogP contribution in [0.4, 0.5) is 0 Å². The zero-order valence-corrected chi connectivity index (χ0v) is 12.7. The van der Waals surface area contributed by atoms with Crippen LogP contribution in [0, 0.1) is 0 Å². The normalized spacial score (nSPS) is 12.7. The van der Waals surface area contributed by atoms with Crippen molar-refractivity contribution in [2.45, 2.75) is 4.83 Å². The van der Waals surface area contributed by atoms with Gasteiger partial charge in [-0.2, -0.15) is 0 Å². The number of alkyl halides is 1. The zero-order valence-electron chi connectivity index (χ0n) is 7.87. The average Bonchev–Trinajstić information content (AvgIpc) is 2.84. The highest BCUT2D eigenvalue weighted by Crippen LogP contribution is 2.40. The molecule has 0 bridgehead atoms. The summed E-state index contributed by atoms with van der Waals surface area (Å²) in [6.45, 7) is 0. The van der Waals surface area contributed by atoms with Gasteiger partial charge in [0.15, 0.2) is 5.06 Å². The Kier molecular flexibility index (Phi) is 3.88. The highest BCUT2D eigenvalue weighted by molar-refractivity contribution is 9.11. The summed E-state index contributed by atoms with van der Waals surface area (Å²) in [5, 5.41) is 3.10. The largest absolute Gasteiger partial charge is 0.487 e. The predicted octanol–water partition coefficient (Wildman–Crippen LogP) is 5.07. The number of rotatable bonds is 3. The molecule has 2 heterocycles. The first-order valence-electron chi connectivity index (χ1n) is 4.22. The van der Waals surface area contributed by atoms with E-state index in [9.17, 15) is 0 Å². The Labute approximate surface area is 113 Å². The van der Waals surface area contributed by atoms with E-state index < -0.39 is 0 Å². The van der Waals surface area contributed by atoms with E-state index in [1.807, 2.05) is 6.07 Å². The molecule has 2 aromatic rings. The highest BCUT2D eigenvalue weighted by atomic mass is 79.9. The Balaban J connectivity index is 2.23. The van der Waals surface area contributed by atoms with Crippen molar-refractivity contribution in [2.24, 2.45) is 0 Å². The van der Waals surface area contributed by atoms with Crippen LogP contribution in [0.3, 0.4) is 0 Å². The van der Waals surface area contributed by atoms with E-state index in [0.717, 1.165) is 8.85 Å². The van der Waals surface area contributed by atoms with Gasteiger partial charge in [-0.1, -0.05) is 15.9 Å². The number of ether oxygens (including phenoxy) is 1. The lowest BCUT2D eigenvalue weighted by molar-refractivity contribution is 0.427. The second kappa shape index (κ2) is 4.99. The number of halogens is 2. The lowest BCUT2D eigenvalue weighted by Crippen LogP contribution is -1.84. The van der Waals surface area contributed by atoms with Gasteiger partial charge in [-0.15, -0.1) is 22.7 Å². The van der Waals surface area contributed by atoms with Crippen molar-refractivity contribution in [2.75, 3.05) is 7.11 Å². The minimum atomic E-state index is 0.258. The molecular formula is C10H8Br2OS2. The van der Waals surface area contributed by atoms with Crippen molar-refractivity contribution in [3.8, 4) is 5.06 Å². The van der Waals surface area contributed by atoms with Crippen LogP contribution in [0.5, 0.6) is 5.06 Å². The van der Waals surface area contributed by atoms with E-state index in [4.69, 9.17) is 4.74 Å². The average molecular weight is 368 g/mol. The Hall–Kier alpha value is 0.160. The van der Waals surface area contributed by atoms with Gasteiger partial charge >= 0.3 is 0 Å². The maximum absolute atomic E-state index is 5.18. The summed E-state index contributed by atoms with van der Waals surface area (Å²) in [5.74, 6) is 0. The molecule has 0 aromatic carbocycles. The quantitative estimate of drug-likeness (QED) is 0.688. The third-order valence-corrected chi connectivity index (χ3v) is 5.89. The monoisotopic (exact) mass is 366 g/mol. The number of hydrogen-bond donors (Lipinski definition) is 0. The minimum absolute atomic E-state index is 0.258. The molecule has 0 saturated heterocycles. The van der Waals surface area contributed by atoms with Crippen molar-refractivity contribution < 1.29 is 4.74 Å². The van der Waals surface area contributed by atoms with Crippen LogP contribution >= 0.6 is 54.5 Å². The Morgan fingerprint density at radius 1 is 1.40 bits per heavy atom. The van der Waals surface area contributed by atoms with Crippen molar-refractivity contribution in [3.05, 3.63) is 37.8 Å². The standard InChI is InChI=1S/C10H8Br2OS2/c1-13-9-3-2-7(15-9)10(12)6-4-8(11)14-5-6/h2-5,10H,1H3. The van der Waals surface area contributed by atoms with Crippen molar-refractivity contribution in [1.29, 1.82) is 0 Å². The maximum Gasteiger partial charge on any atom is 0.173 e. The van der Waals surface area contributed by atoms with E-state index in [-0.39, 0.29) is 4.83 Å². The third kappa shape index (κ3) is 2.64. The van der Waals surface area contributed by atoms with Gasteiger partial charge in [-0.25, -0.2) is 0 Å². The summed E-state index contributed by atoms with van der Waals surface area (Å²) in [6, 6.07) is 6.22. The zero-order chi connectivity index (χ0) is 10.8. The first-order chi connectivity index (χ1) is 7.20. The van der Waals surface area contributed by atoms with Gasteiger partial charge in [0.25, 0.3) is 0 Å². The fourth-order valence-corrected chi connectivity index (χ4v) is 4.10. The van der Waals surface area contributed by atoms with Crippen molar-refractivity contribution in [3.63, 3.8) is 0 Å². The molecule has 0 aliphatic carbocycles. The molecule has 0 N–H and O–H groups in total. The second-order valence-corrected chi connectivity index (χ2v) is 7.19. The number of methoxy groups -OCH3 is 1. The molecule has 0 fully saturated rings. The van der Waals surface area contributed by atoms with Crippen molar-refractivity contribution >= 4 is 54.5 Å². The van der Waals surface area contributed by atoms with E-state index in [1.54, 1.807) is 29.8 Å². The van der Waals surface area contributed by atoms with Gasteiger partial charge in [0, 0.05) is 4.88 Å². The SMILES string of the molecule is COc1ccc(C(Br)c2csc(Br)c2)s1. The van der Waals surface area contributed by atoms with Gasteiger partial charge in [-0.3, -0.25) is 0 Å². The molecule has 15 heavy (non-hydrogen) atoms. The topological polar surface area (TPSA) is 9.23 Å². The maximum atomic E-state index is 5.18. The summed E-state index contributed by atoms with van der Waals surface area (Å²) in [4.78, 5) is 1.52. The van der Waals surface area contributed by atoms with E-state index in [2.05, 4.69) is 49.4 Å². The summed E-state index contributed by atoms with van der Waals surface area (Å²) < 4.78 is 6.33. The van der Waals surface area contributed by atoms with Crippen LogP contribution in [-0.2, 0) is 0 Å². The van der Waals surface area contributed by atoms with Crippen LogP contribution in [0.15, 0.2) is 27.4 Å². The van der Waals surface area contributed by atoms with Crippen LogP contribution in [-0.4, -0.2) is 7.11 Å². The molecule has 0 spiro atoms. The van der Waals surface area contributed by atoms with Gasteiger partial charge in [0.05, 0.1) is 15.7 Å². The lowest BCUT2D eigenvalue weighted by Gasteiger charge is -2.03. The number of hydrogen-bond acceptors (Lipinski definition) is 3. The molecule has 2 aromatic heterocycles. The molecule has 1 nitrogen and oxygen atoms in total. The molecule has 0 aliphatic rings. The Morgan fingerprint density at radius 2 is 2.20 bits per heavy atom. The second-order valence-electron chi connectivity index (χ2n) is 2.91. The molecule has 0 amide bonds. The fraction of sp³-hybridized carbons (Fsp3) is 0.200. The first kappa shape index (κ1) is 11.6. The molecule has 80 valence electrons. The smallest absolute Gasteiger partial charge is 0.173 e. The summed E-state index contributed by atoms with van der Waals surface area (Å²) in [6.07, 6.45) is 0. The molecule has 0 aliphatic heterocycles. The van der Waals surface area contributed by atoms with E-state index in [1.165, 1.54) is 10.4 Å². The van der Waals surface area contributed by atoms with Crippen molar-refractivity contribution in [1.82, 2.24) is 0 Å². The molecule has 0 radical (unpaired) electrons. The van der Waals surface area contributed by atoms with Crippen LogP contribution in [0.2, 0.25) is 0 Å². The molecule has 5 heteroatoms. The van der Waals surface area contributed by atoms with E-state index >= 15 is 0 Å². The molecule has 1 unspecified atom stereocenters. The molecule has 1 atom stereocenters. The van der Waals surface area contributed by atoms with Crippen LogP contribution in [0.25, 0.3) is 0 Å². The fourth-order valence-electron chi connectivity index (χ4n) is 1.20. The lowest BCUT2D eigenvalue weighted by atomic mass is 10.2. The van der Waals surface area contributed by atoms with Gasteiger partial charge in [-0.05, 0) is 45.1 Å². The first-order valence-corrected chi connectivity index (χ1v) is 7.63. The highest BCUT2D eigenvalue weighted by Gasteiger charge is 2.14. The van der Waals surface area contributed by atoms with Gasteiger partial charge < -0.3 is 4.74 Å². The molecular weight excluding hydrogens is 360 g/mol. The van der Waals surface area contributed by atoms with E-state index in [0.29, 0.717) is 0 Å². The van der Waals surface area contributed by atoms with Gasteiger partial charge in [0.2, 0.25) is 0 Å².